The van der Waals surface area contributed by atoms with Gasteiger partial charge < -0.3 is 41.0 Å². The molecule has 0 spiro atoms. The summed E-state index contributed by atoms with van der Waals surface area (Å²) in [4.78, 5) is 71.6. The molecule has 286 valence electrons. The summed E-state index contributed by atoms with van der Waals surface area (Å²) in [5.74, 6) is -3.95. The molecule has 2 amide bonds. The molecule has 0 saturated carbocycles. The number of aliphatic imine (C=N–C) groups is 1. The fourth-order valence-electron chi connectivity index (χ4n) is 4.64. The van der Waals surface area contributed by atoms with Crippen LogP contribution < -0.4 is 22.1 Å². The summed E-state index contributed by atoms with van der Waals surface area (Å²) in [6, 6.07) is 17.3. The van der Waals surface area contributed by atoms with Gasteiger partial charge in [0.05, 0.1) is 4.88 Å². The second-order valence-electron chi connectivity index (χ2n) is 15.0. The summed E-state index contributed by atoms with van der Waals surface area (Å²) in [5, 5.41) is 5.15. The Hall–Kier alpha value is -5.44. The number of amides is 2. The smallest absolute Gasteiger partial charge is 0.408 e. The molecule has 2 aromatic carbocycles. The normalized spacial score (nSPS) is 12.5. The first-order chi connectivity index (χ1) is 24.5. The number of nitrogens with zero attached hydrogens (tertiary/aromatic N) is 1. The Morgan fingerprint density at radius 1 is 0.755 bits per heavy atom. The van der Waals surface area contributed by atoms with Crippen LogP contribution in [0.1, 0.15) is 83.1 Å². The van der Waals surface area contributed by atoms with E-state index in [9.17, 15) is 24.0 Å². The van der Waals surface area contributed by atoms with Gasteiger partial charge in [0.15, 0.2) is 5.96 Å². The quantitative estimate of drug-likeness (QED) is 0.0641. The Kier molecular flexibility index (Phi) is 13.4. The molecule has 1 aromatic heterocycles. The molecule has 0 radical (unpaired) electrons. The molecule has 0 fully saturated rings. The molecule has 0 saturated heterocycles. The molecule has 0 aliphatic rings. The first-order valence-corrected chi connectivity index (χ1v) is 17.6. The topological polar surface area (TPSA) is 211 Å². The van der Waals surface area contributed by atoms with Crippen molar-refractivity contribution >= 4 is 47.2 Å². The number of hydrogen-bond donors (Lipinski definition) is 4. The van der Waals surface area contributed by atoms with E-state index in [2.05, 4.69) is 15.6 Å². The Morgan fingerprint density at radius 3 is 1.89 bits per heavy atom. The second kappa shape index (κ2) is 16.9. The third-order valence-electron chi connectivity index (χ3n) is 6.74. The third kappa shape index (κ3) is 12.6. The standard InChI is InChI=1S/C38H49N5O9S/c1-35(2,3)50-30(45)26(42-34(48)49-22-23-14-11-10-12-15-23)21-41-29(44)28-19-18-27(53-28)24-16-13-17-25(20-24)38(43-33(39)40,31(46)51-36(4,5)6)32(47)52-37(7,8)9/h10-20,26H,21-22H2,1-9H3,(H,41,44)(H,42,48)(H4,39,40,43). The van der Waals surface area contributed by atoms with Gasteiger partial charge in [-0.2, -0.15) is 0 Å². The van der Waals surface area contributed by atoms with Crippen LogP contribution in [0.25, 0.3) is 10.4 Å². The van der Waals surface area contributed by atoms with Crippen molar-refractivity contribution in [1.82, 2.24) is 10.6 Å². The van der Waals surface area contributed by atoms with Crippen LogP contribution in [0.3, 0.4) is 0 Å². The van der Waals surface area contributed by atoms with Crippen molar-refractivity contribution in [2.75, 3.05) is 6.54 Å². The number of carbonyl (C=O) groups is 5. The highest BCUT2D eigenvalue weighted by Crippen LogP contribution is 2.37. The summed E-state index contributed by atoms with van der Waals surface area (Å²) < 4.78 is 22.0. The van der Waals surface area contributed by atoms with Crippen molar-refractivity contribution in [2.45, 2.75) is 97.3 Å². The molecule has 3 aromatic rings. The van der Waals surface area contributed by atoms with Gasteiger partial charge in [-0.25, -0.2) is 24.2 Å². The molecule has 1 atom stereocenters. The maximum atomic E-state index is 13.8. The number of guanidine groups is 1. The average Bonchev–Trinajstić information content (AvgIpc) is 3.53. The number of nitrogens with two attached hydrogens (primary N) is 2. The minimum Gasteiger partial charge on any atom is -0.458 e. The van der Waals surface area contributed by atoms with Crippen molar-refractivity contribution in [2.24, 2.45) is 16.5 Å². The number of thiophene rings is 1. The molecule has 0 aliphatic carbocycles. The monoisotopic (exact) mass is 751 g/mol. The maximum Gasteiger partial charge on any atom is 0.408 e. The van der Waals surface area contributed by atoms with Gasteiger partial charge in [0.25, 0.3) is 11.4 Å². The molecule has 0 bridgehead atoms. The zero-order valence-corrected chi connectivity index (χ0v) is 32.3. The average molecular weight is 752 g/mol. The van der Waals surface area contributed by atoms with Crippen LogP contribution in [0, 0.1) is 0 Å². The Labute approximate surface area is 313 Å². The van der Waals surface area contributed by atoms with Crippen LogP contribution in [0.5, 0.6) is 0 Å². The molecule has 1 unspecified atom stereocenters. The van der Waals surface area contributed by atoms with E-state index >= 15 is 0 Å². The van der Waals surface area contributed by atoms with Crippen molar-refractivity contribution in [1.29, 1.82) is 0 Å². The minimum atomic E-state index is -2.42. The molecule has 53 heavy (non-hydrogen) atoms. The van der Waals surface area contributed by atoms with Crippen LogP contribution in [-0.2, 0) is 45.5 Å². The van der Waals surface area contributed by atoms with Crippen LogP contribution in [0.15, 0.2) is 71.7 Å². The number of alkyl carbamates (subject to hydrolysis) is 1. The molecule has 14 nitrogen and oxygen atoms in total. The maximum absolute atomic E-state index is 13.8. The zero-order valence-electron chi connectivity index (χ0n) is 31.5. The van der Waals surface area contributed by atoms with E-state index in [1.165, 1.54) is 12.1 Å². The van der Waals surface area contributed by atoms with Crippen molar-refractivity contribution in [3.05, 3.63) is 82.7 Å². The van der Waals surface area contributed by atoms with Gasteiger partial charge in [0.2, 0.25) is 0 Å². The number of hydrogen-bond acceptors (Lipinski definition) is 11. The number of ether oxygens (including phenoxy) is 4. The highest BCUT2D eigenvalue weighted by molar-refractivity contribution is 7.17. The van der Waals surface area contributed by atoms with Crippen LogP contribution in [0.4, 0.5) is 4.79 Å². The van der Waals surface area contributed by atoms with Gasteiger partial charge in [-0.1, -0.05) is 48.5 Å². The van der Waals surface area contributed by atoms with Crippen molar-refractivity contribution in [3.8, 4) is 10.4 Å². The number of carbonyl (C=O) groups excluding carboxylic acids is 5. The van der Waals surface area contributed by atoms with Gasteiger partial charge in [0, 0.05) is 17.0 Å². The Morgan fingerprint density at radius 2 is 1.34 bits per heavy atom. The summed E-state index contributed by atoms with van der Waals surface area (Å²) in [5.41, 5.74) is 7.58. The highest BCUT2D eigenvalue weighted by Gasteiger charge is 2.53. The van der Waals surface area contributed by atoms with E-state index in [0.29, 0.717) is 10.4 Å². The lowest BCUT2D eigenvalue weighted by Crippen LogP contribution is -2.50. The van der Waals surface area contributed by atoms with Gasteiger partial charge >= 0.3 is 24.0 Å². The van der Waals surface area contributed by atoms with Gasteiger partial charge in [-0.3, -0.25) is 4.79 Å². The number of rotatable bonds is 12. The highest BCUT2D eigenvalue weighted by atomic mass is 32.1. The van der Waals surface area contributed by atoms with Gasteiger partial charge in [-0.05, 0) is 91.6 Å². The first kappa shape index (κ1) is 42.0. The summed E-state index contributed by atoms with van der Waals surface area (Å²) >= 11 is 1.10. The number of benzene rings is 2. The summed E-state index contributed by atoms with van der Waals surface area (Å²) in [7, 11) is 0. The first-order valence-electron chi connectivity index (χ1n) is 16.8. The molecule has 0 aliphatic heterocycles. The Balaban J connectivity index is 1.89. The lowest BCUT2D eigenvalue weighted by Gasteiger charge is -2.32. The van der Waals surface area contributed by atoms with Crippen LogP contribution >= 0.6 is 11.3 Å². The predicted molar refractivity (Wildman–Crippen MR) is 201 cm³/mol. The molecule has 6 N–H and O–H groups in total. The van der Waals surface area contributed by atoms with E-state index in [0.717, 1.165) is 16.9 Å². The fourth-order valence-corrected chi connectivity index (χ4v) is 5.56. The number of esters is 3. The summed E-state index contributed by atoms with van der Waals surface area (Å²) in [6.45, 7) is 14.5. The van der Waals surface area contributed by atoms with Crippen molar-refractivity contribution < 1.29 is 42.9 Å². The fraction of sp³-hybridized carbons (Fsp3) is 0.421. The lowest BCUT2D eigenvalue weighted by atomic mass is 9.88. The predicted octanol–water partition coefficient (Wildman–Crippen LogP) is 4.93. The van der Waals surface area contributed by atoms with E-state index < -0.39 is 64.3 Å². The second-order valence-corrected chi connectivity index (χ2v) is 16.1. The van der Waals surface area contributed by atoms with E-state index in [-0.39, 0.29) is 23.6 Å². The minimum absolute atomic E-state index is 0.0259. The SMILES string of the molecule is CC(C)(C)OC(=O)C(CNC(=O)c1ccc(-c2cccc(C(N=C(N)N)(C(=O)OC(C)(C)C)C(=O)OC(C)(C)C)c2)s1)NC(=O)OCc1ccccc1. The lowest BCUT2D eigenvalue weighted by molar-refractivity contribution is -0.177. The largest absolute Gasteiger partial charge is 0.458 e. The zero-order chi connectivity index (χ0) is 39.8. The van der Waals surface area contributed by atoms with E-state index in [1.54, 1.807) is 111 Å². The van der Waals surface area contributed by atoms with Gasteiger partial charge in [-0.15, -0.1) is 11.3 Å². The molecular weight excluding hydrogens is 703 g/mol. The van der Waals surface area contributed by atoms with E-state index in [4.69, 9.17) is 30.4 Å². The van der Waals surface area contributed by atoms with Crippen LogP contribution in [-0.4, -0.2) is 65.3 Å². The van der Waals surface area contributed by atoms with E-state index in [1.807, 2.05) is 6.07 Å². The molecule has 3 rings (SSSR count). The van der Waals surface area contributed by atoms with Crippen LogP contribution in [0.2, 0.25) is 0 Å². The third-order valence-corrected chi connectivity index (χ3v) is 7.88. The molecule has 1 heterocycles. The summed E-state index contributed by atoms with van der Waals surface area (Å²) in [6.07, 6.45) is -0.869. The molecule has 15 heteroatoms. The van der Waals surface area contributed by atoms with Crippen molar-refractivity contribution in [3.63, 3.8) is 0 Å². The Bertz CT molecular complexity index is 1790. The van der Waals surface area contributed by atoms with Gasteiger partial charge in [0.1, 0.15) is 29.5 Å². The number of nitrogens with one attached hydrogen (secondary N) is 2. The molecular formula is C38H49N5O9S.